The molecule has 0 aliphatic heterocycles. The lowest BCUT2D eigenvalue weighted by Crippen LogP contribution is -2.44. The minimum absolute atomic E-state index is 0.239. The molecule has 0 N–H and O–H groups in total. The zero-order valence-corrected chi connectivity index (χ0v) is 14.3. The molecule has 0 aromatic carbocycles. The van der Waals surface area contributed by atoms with Crippen LogP contribution in [0.3, 0.4) is 0 Å². The highest BCUT2D eigenvalue weighted by Crippen LogP contribution is 2.08. The SMILES string of the molecule is CCCCCCN(CCCCCC)C(=O)N(CC)CC. The summed E-state index contributed by atoms with van der Waals surface area (Å²) in [6, 6.07) is 0.239. The van der Waals surface area contributed by atoms with Gasteiger partial charge in [-0.25, -0.2) is 4.79 Å². The Morgan fingerprint density at radius 3 is 1.45 bits per heavy atom. The third-order valence-corrected chi connectivity index (χ3v) is 3.87. The quantitative estimate of drug-likeness (QED) is 0.467. The van der Waals surface area contributed by atoms with Crippen LogP contribution in [0.2, 0.25) is 0 Å². The number of amides is 2. The van der Waals surface area contributed by atoms with Gasteiger partial charge in [0, 0.05) is 26.2 Å². The molecule has 0 aromatic rings. The van der Waals surface area contributed by atoms with Crippen LogP contribution < -0.4 is 0 Å². The maximum absolute atomic E-state index is 12.5. The Labute approximate surface area is 126 Å². The summed E-state index contributed by atoms with van der Waals surface area (Å²) in [5, 5.41) is 0. The van der Waals surface area contributed by atoms with E-state index >= 15 is 0 Å². The van der Waals surface area contributed by atoms with E-state index in [-0.39, 0.29) is 6.03 Å². The molecule has 0 aliphatic rings. The van der Waals surface area contributed by atoms with Gasteiger partial charge in [-0.2, -0.15) is 0 Å². The molecule has 0 bridgehead atoms. The highest BCUT2D eigenvalue weighted by Gasteiger charge is 2.17. The second kappa shape index (κ2) is 13.3. The first kappa shape index (κ1) is 19.3. The van der Waals surface area contributed by atoms with E-state index in [0.717, 1.165) is 39.0 Å². The van der Waals surface area contributed by atoms with Gasteiger partial charge in [-0.05, 0) is 26.7 Å². The van der Waals surface area contributed by atoms with E-state index in [1.807, 2.05) is 4.90 Å². The van der Waals surface area contributed by atoms with Crippen LogP contribution in [-0.4, -0.2) is 42.0 Å². The number of hydrogen-bond donors (Lipinski definition) is 0. The molecule has 120 valence electrons. The van der Waals surface area contributed by atoms with Crippen LogP contribution in [0.1, 0.15) is 79.1 Å². The monoisotopic (exact) mass is 284 g/mol. The number of urea groups is 1. The van der Waals surface area contributed by atoms with Gasteiger partial charge in [0.1, 0.15) is 0 Å². The summed E-state index contributed by atoms with van der Waals surface area (Å²) >= 11 is 0. The molecular formula is C17H36N2O. The molecule has 0 atom stereocenters. The number of unbranched alkanes of at least 4 members (excludes halogenated alkanes) is 6. The van der Waals surface area contributed by atoms with Gasteiger partial charge in [0.25, 0.3) is 0 Å². The van der Waals surface area contributed by atoms with Gasteiger partial charge in [0.05, 0.1) is 0 Å². The Morgan fingerprint density at radius 2 is 1.10 bits per heavy atom. The second-order valence-corrected chi connectivity index (χ2v) is 5.56. The van der Waals surface area contributed by atoms with Crippen LogP contribution in [-0.2, 0) is 0 Å². The summed E-state index contributed by atoms with van der Waals surface area (Å²) in [7, 11) is 0. The van der Waals surface area contributed by atoms with Crippen molar-refractivity contribution in [1.29, 1.82) is 0 Å². The maximum atomic E-state index is 12.5. The van der Waals surface area contributed by atoms with Gasteiger partial charge in [-0.3, -0.25) is 0 Å². The van der Waals surface area contributed by atoms with E-state index < -0.39 is 0 Å². The second-order valence-electron chi connectivity index (χ2n) is 5.56. The van der Waals surface area contributed by atoms with Crippen LogP contribution in [0.5, 0.6) is 0 Å². The summed E-state index contributed by atoms with van der Waals surface area (Å²) in [6.45, 7) is 12.1. The van der Waals surface area contributed by atoms with Crippen LogP contribution in [0.15, 0.2) is 0 Å². The molecule has 0 aliphatic carbocycles. The van der Waals surface area contributed by atoms with Gasteiger partial charge in [0.15, 0.2) is 0 Å². The number of carbonyl (C=O) groups is 1. The summed E-state index contributed by atoms with van der Waals surface area (Å²) in [4.78, 5) is 16.5. The van der Waals surface area contributed by atoms with Crippen molar-refractivity contribution in [3.05, 3.63) is 0 Å². The van der Waals surface area contributed by atoms with Crippen molar-refractivity contribution in [2.75, 3.05) is 26.2 Å². The van der Waals surface area contributed by atoms with E-state index in [2.05, 4.69) is 32.6 Å². The third-order valence-electron chi connectivity index (χ3n) is 3.87. The predicted molar refractivity (Wildman–Crippen MR) is 88.2 cm³/mol. The highest BCUT2D eigenvalue weighted by atomic mass is 16.2. The molecular weight excluding hydrogens is 248 g/mol. The summed E-state index contributed by atoms with van der Waals surface area (Å²) < 4.78 is 0. The van der Waals surface area contributed by atoms with E-state index in [0.29, 0.717) is 0 Å². The Kier molecular flexibility index (Phi) is 12.8. The van der Waals surface area contributed by atoms with Crippen molar-refractivity contribution in [1.82, 2.24) is 9.80 Å². The molecule has 0 radical (unpaired) electrons. The van der Waals surface area contributed by atoms with Crippen molar-refractivity contribution in [2.24, 2.45) is 0 Å². The van der Waals surface area contributed by atoms with Gasteiger partial charge in [-0.15, -0.1) is 0 Å². The fraction of sp³-hybridized carbons (Fsp3) is 0.941. The van der Waals surface area contributed by atoms with Gasteiger partial charge < -0.3 is 9.80 Å². The fourth-order valence-electron chi connectivity index (χ4n) is 2.46. The Morgan fingerprint density at radius 1 is 0.650 bits per heavy atom. The standard InChI is InChI=1S/C17H36N2O/c1-5-9-11-13-15-19(16-14-12-10-6-2)17(20)18(7-3)8-4/h5-16H2,1-4H3. The van der Waals surface area contributed by atoms with E-state index in [9.17, 15) is 4.79 Å². The molecule has 0 saturated heterocycles. The Hall–Kier alpha value is -0.730. The van der Waals surface area contributed by atoms with Crippen molar-refractivity contribution in [2.45, 2.75) is 79.1 Å². The minimum atomic E-state index is 0.239. The number of rotatable bonds is 12. The summed E-state index contributed by atoms with van der Waals surface area (Å²) in [6.07, 6.45) is 9.84. The molecule has 0 saturated carbocycles. The van der Waals surface area contributed by atoms with Crippen molar-refractivity contribution in [3.8, 4) is 0 Å². The Bertz CT molecular complexity index is 215. The molecule has 0 heterocycles. The van der Waals surface area contributed by atoms with Crippen LogP contribution in [0.25, 0.3) is 0 Å². The molecule has 0 aromatic heterocycles. The van der Waals surface area contributed by atoms with Crippen molar-refractivity contribution in [3.63, 3.8) is 0 Å². The Balaban J connectivity index is 4.24. The average molecular weight is 284 g/mol. The zero-order chi connectivity index (χ0) is 15.2. The molecule has 0 spiro atoms. The van der Waals surface area contributed by atoms with Crippen molar-refractivity contribution < 1.29 is 4.79 Å². The zero-order valence-electron chi connectivity index (χ0n) is 14.3. The first-order valence-electron chi connectivity index (χ1n) is 8.74. The average Bonchev–Trinajstić information content (AvgIpc) is 2.46. The lowest BCUT2D eigenvalue weighted by Gasteiger charge is -2.29. The number of hydrogen-bond acceptors (Lipinski definition) is 1. The molecule has 0 fully saturated rings. The molecule has 2 amide bonds. The first-order valence-corrected chi connectivity index (χ1v) is 8.74. The van der Waals surface area contributed by atoms with Gasteiger partial charge >= 0.3 is 6.03 Å². The van der Waals surface area contributed by atoms with Crippen LogP contribution >= 0.6 is 0 Å². The van der Waals surface area contributed by atoms with E-state index in [1.165, 1.54) is 38.5 Å². The molecule has 20 heavy (non-hydrogen) atoms. The van der Waals surface area contributed by atoms with Crippen molar-refractivity contribution >= 4 is 6.03 Å². The first-order chi connectivity index (χ1) is 9.71. The lowest BCUT2D eigenvalue weighted by molar-refractivity contribution is 0.155. The van der Waals surface area contributed by atoms with Gasteiger partial charge in [0.2, 0.25) is 0 Å². The highest BCUT2D eigenvalue weighted by molar-refractivity contribution is 5.74. The fourth-order valence-corrected chi connectivity index (χ4v) is 2.46. The van der Waals surface area contributed by atoms with Crippen LogP contribution in [0, 0.1) is 0 Å². The molecule has 0 rings (SSSR count). The smallest absolute Gasteiger partial charge is 0.319 e. The normalized spacial score (nSPS) is 10.6. The van der Waals surface area contributed by atoms with E-state index in [1.54, 1.807) is 0 Å². The predicted octanol–water partition coefficient (Wildman–Crippen LogP) is 4.91. The molecule has 0 unspecified atom stereocenters. The number of carbonyl (C=O) groups excluding carboxylic acids is 1. The third kappa shape index (κ3) is 8.44. The topological polar surface area (TPSA) is 23.6 Å². The van der Waals surface area contributed by atoms with Crippen LogP contribution in [0.4, 0.5) is 4.79 Å². The molecule has 3 nitrogen and oxygen atoms in total. The van der Waals surface area contributed by atoms with E-state index in [4.69, 9.17) is 0 Å². The summed E-state index contributed by atoms with van der Waals surface area (Å²) in [5.74, 6) is 0. The number of nitrogens with zero attached hydrogens (tertiary/aromatic N) is 2. The molecule has 3 heteroatoms. The lowest BCUT2D eigenvalue weighted by atomic mass is 10.1. The largest absolute Gasteiger partial charge is 0.325 e. The van der Waals surface area contributed by atoms with Gasteiger partial charge in [-0.1, -0.05) is 52.4 Å². The maximum Gasteiger partial charge on any atom is 0.319 e. The minimum Gasteiger partial charge on any atom is -0.325 e. The summed E-state index contributed by atoms with van der Waals surface area (Å²) in [5.41, 5.74) is 0.